The van der Waals surface area contributed by atoms with Crippen LogP contribution in [0.1, 0.15) is 40.4 Å². The number of carboxylic acids is 1. The monoisotopic (exact) mass is 821 g/mol. The molecule has 3 aliphatic rings. The second-order valence-corrected chi connectivity index (χ2v) is 15.3. The number of urea groups is 1. The average molecular weight is 822 g/mol. The van der Waals surface area contributed by atoms with E-state index < -0.39 is 116 Å². The van der Waals surface area contributed by atoms with Gasteiger partial charge in [-0.1, -0.05) is 17.7 Å². The van der Waals surface area contributed by atoms with Crippen LogP contribution in [0.15, 0.2) is 47.4 Å². The number of phenols is 3. The van der Waals surface area contributed by atoms with E-state index >= 15 is 0 Å². The van der Waals surface area contributed by atoms with E-state index in [0.717, 1.165) is 12.1 Å². The molecule has 0 aromatic heterocycles. The van der Waals surface area contributed by atoms with Gasteiger partial charge in [0, 0.05) is 37.8 Å². The molecule has 2 atom stereocenters. The van der Waals surface area contributed by atoms with E-state index in [2.05, 4.69) is 10.6 Å². The molecule has 23 heteroatoms. The smallest absolute Gasteiger partial charge is 0.534 e. The third-order valence-corrected chi connectivity index (χ3v) is 11.9. The maximum Gasteiger partial charge on any atom is 0.547 e. The van der Waals surface area contributed by atoms with Gasteiger partial charge >= 0.3 is 30.9 Å². The molecule has 1 unspecified atom stereocenters. The van der Waals surface area contributed by atoms with E-state index in [1.54, 1.807) is 0 Å². The maximum atomic E-state index is 14.7. The lowest BCUT2D eigenvalue weighted by Crippen LogP contribution is -2.62. The van der Waals surface area contributed by atoms with Crippen LogP contribution in [-0.2, 0) is 30.8 Å². The van der Waals surface area contributed by atoms with Crippen molar-refractivity contribution in [2.24, 2.45) is 0 Å². The molecule has 7 N–H and O–H groups in total. The summed E-state index contributed by atoms with van der Waals surface area (Å²) in [4.78, 5) is 67.2. The molecule has 2 saturated heterocycles. The highest BCUT2D eigenvalue weighted by Crippen LogP contribution is 2.41. The van der Waals surface area contributed by atoms with Gasteiger partial charge in [-0.05, 0) is 61.2 Å². The summed E-state index contributed by atoms with van der Waals surface area (Å²) in [5, 5.41) is 53.4. The molecule has 3 aliphatic heterocycles. The molecule has 3 aromatic rings. The van der Waals surface area contributed by atoms with Gasteiger partial charge in [0.25, 0.3) is 0 Å². The van der Waals surface area contributed by atoms with Gasteiger partial charge in [-0.15, -0.1) is 0 Å². The molecule has 0 radical (unpaired) electrons. The Kier molecular flexibility index (Phi) is 11.0. The molecular formula is C33H31BClF2N5O13S. The van der Waals surface area contributed by atoms with Gasteiger partial charge in [-0.2, -0.15) is 4.31 Å². The highest BCUT2D eigenvalue weighted by Gasteiger charge is 2.44. The first-order valence-corrected chi connectivity index (χ1v) is 18.5. The SMILES string of the molecule is O=C(O)c1c(F)ccc2c1OB(O)[C@@H](NC(=O)C(NC(=O)N1CCN(C3CCN(S(=O)(=O)c4ccc(O)cc4)CC3)C(=O)C1=O)c1cc(F)c(O)c(O)c1Cl)C2. The molecular weight excluding hydrogens is 791 g/mol. The molecule has 3 heterocycles. The molecule has 296 valence electrons. The van der Waals surface area contributed by atoms with Crippen LogP contribution in [0.4, 0.5) is 13.6 Å². The van der Waals surface area contributed by atoms with Gasteiger partial charge in [0.2, 0.25) is 15.9 Å². The number of phenolic OH excluding ortho intramolecular Hbond substituents is 3. The van der Waals surface area contributed by atoms with Crippen LogP contribution in [0.3, 0.4) is 0 Å². The number of hydrogen-bond donors (Lipinski definition) is 7. The van der Waals surface area contributed by atoms with E-state index in [1.807, 2.05) is 0 Å². The van der Waals surface area contributed by atoms with Crippen molar-refractivity contribution in [3.8, 4) is 23.0 Å². The quantitative estimate of drug-likeness (QED) is 0.0946. The number of halogens is 3. The van der Waals surface area contributed by atoms with Crippen LogP contribution in [0.2, 0.25) is 5.02 Å². The summed E-state index contributed by atoms with van der Waals surface area (Å²) in [5.74, 6) is -12.6. The maximum absolute atomic E-state index is 14.7. The number of nitrogens with one attached hydrogen (secondary N) is 2. The lowest BCUT2D eigenvalue weighted by molar-refractivity contribution is -0.156. The van der Waals surface area contributed by atoms with Gasteiger partial charge in [0.05, 0.1) is 15.9 Å². The molecule has 2 fully saturated rings. The van der Waals surface area contributed by atoms with E-state index in [4.69, 9.17) is 16.3 Å². The summed E-state index contributed by atoms with van der Waals surface area (Å²) in [6, 6.07) is 3.43. The Bertz CT molecular complexity index is 2250. The molecule has 5 amide bonds. The van der Waals surface area contributed by atoms with Crippen LogP contribution in [0.5, 0.6) is 23.0 Å². The van der Waals surface area contributed by atoms with Gasteiger partial charge < -0.3 is 45.6 Å². The molecule has 0 bridgehead atoms. The molecule has 0 aliphatic carbocycles. The molecule has 6 rings (SSSR count). The standard InChI is InChI=1S/C33H31BClF2N5O13S/c35-24-19(14-21(37)26(44)27(24)45)25(29(46)38-22-13-15-1-6-20(36)23(32(49)50)28(15)55-34(22)52)39-33(51)42-12-11-41(30(47)31(42)48)16-7-9-40(10-8-16)56(53,54)18-4-2-17(43)3-5-18/h1-6,14,16,22,25,43-45,52H,7-13H2,(H,38,46)(H,39,51)(H,49,50)/t22-,25?/m0/s1. The van der Waals surface area contributed by atoms with E-state index in [0.29, 0.717) is 11.0 Å². The largest absolute Gasteiger partial charge is 0.547 e. The van der Waals surface area contributed by atoms with Gasteiger partial charge in [0.1, 0.15) is 28.9 Å². The second-order valence-electron chi connectivity index (χ2n) is 13.0. The van der Waals surface area contributed by atoms with Crippen LogP contribution < -0.4 is 15.3 Å². The number of carbonyl (C=O) groups excluding carboxylic acids is 4. The molecule has 18 nitrogen and oxygen atoms in total. The van der Waals surface area contributed by atoms with Crippen molar-refractivity contribution in [1.29, 1.82) is 0 Å². The summed E-state index contributed by atoms with van der Waals surface area (Å²) in [6.07, 6.45) is -0.0527. The fourth-order valence-electron chi connectivity index (χ4n) is 6.70. The number of piperidine rings is 1. The van der Waals surface area contributed by atoms with Gasteiger partial charge in [-0.3, -0.25) is 19.3 Å². The first-order chi connectivity index (χ1) is 26.4. The predicted molar refractivity (Wildman–Crippen MR) is 187 cm³/mol. The van der Waals surface area contributed by atoms with Crippen LogP contribution in [-0.4, -0.2) is 123 Å². The number of imide groups is 1. The third-order valence-electron chi connectivity index (χ3n) is 9.62. The van der Waals surface area contributed by atoms with Crippen LogP contribution >= 0.6 is 11.6 Å². The second kappa shape index (κ2) is 15.4. The van der Waals surface area contributed by atoms with Gasteiger partial charge in [0.15, 0.2) is 17.3 Å². The Labute approximate surface area is 321 Å². The number of sulfonamides is 1. The van der Waals surface area contributed by atoms with Crippen molar-refractivity contribution >= 4 is 58.5 Å². The zero-order valence-corrected chi connectivity index (χ0v) is 30.3. The number of aromatic carboxylic acids is 1. The first-order valence-electron chi connectivity index (χ1n) is 16.7. The zero-order chi connectivity index (χ0) is 40.8. The number of fused-ring (bicyclic) bond motifs is 1. The molecule has 0 saturated carbocycles. The number of amides is 5. The predicted octanol–water partition coefficient (Wildman–Crippen LogP) is 0.848. The lowest BCUT2D eigenvalue weighted by atomic mass is 9.72. The van der Waals surface area contributed by atoms with Crippen molar-refractivity contribution in [2.45, 2.75) is 42.2 Å². The normalized spacial score (nSPS) is 18.6. The lowest BCUT2D eigenvalue weighted by Gasteiger charge is -2.41. The van der Waals surface area contributed by atoms with Crippen molar-refractivity contribution in [1.82, 2.24) is 24.7 Å². The Morgan fingerprint density at radius 3 is 2.23 bits per heavy atom. The Morgan fingerprint density at radius 1 is 0.929 bits per heavy atom. The number of hydrogen-bond acceptors (Lipinski definition) is 12. The summed E-state index contributed by atoms with van der Waals surface area (Å²) < 4.78 is 61.5. The summed E-state index contributed by atoms with van der Waals surface area (Å²) >= 11 is 6.15. The highest BCUT2D eigenvalue weighted by molar-refractivity contribution is 7.89. The van der Waals surface area contributed by atoms with E-state index in [9.17, 15) is 66.6 Å². The first kappa shape index (κ1) is 40.0. The number of piperazine rings is 1. The Morgan fingerprint density at radius 2 is 1.59 bits per heavy atom. The van der Waals surface area contributed by atoms with E-state index in [1.165, 1.54) is 33.5 Å². The minimum absolute atomic E-state index is 0.00639. The average Bonchev–Trinajstić information content (AvgIpc) is 3.16. The van der Waals surface area contributed by atoms with E-state index in [-0.39, 0.29) is 55.1 Å². The van der Waals surface area contributed by atoms with Crippen LogP contribution in [0, 0.1) is 11.6 Å². The summed E-state index contributed by atoms with van der Waals surface area (Å²) in [7, 11) is -5.91. The molecule has 0 spiro atoms. The number of nitrogens with zero attached hydrogens (tertiary/aromatic N) is 3. The summed E-state index contributed by atoms with van der Waals surface area (Å²) in [6.45, 7) is -0.612. The summed E-state index contributed by atoms with van der Waals surface area (Å²) in [5.41, 5.74) is -1.46. The van der Waals surface area contributed by atoms with Crippen molar-refractivity contribution < 1.29 is 71.3 Å². The van der Waals surface area contributed by atoms with Gasteiger partial charge in [-0.25, -0.2) is 26.8 Å². The van der Waals surface area contributed by atoms with Crippen molar-refractivity contribution in [3.63, 3.8) is 0 Å². The molecule has 56 heavy (non-hydrogen) atoms. The van der Waals surface area contributed by atoms with Crippen LogP contribution in [0.25, 0.3) is 0 Å². The fourth-order valence-corrected chi connectivity index (χ4v) is 8.42. The topological polar surface area (TPSA) is 264 Å². The number of rotatable bonds is 8. The highest BCUT2D eigenvalue weighted by atomic mass is 35.5. The minimum atomic E-state index is -3.92. The minimum Gasteiger partial charge on any atom is -0.534 e. The van der Waals surface area contributed by atoms with Crippen molar-refractivity contribution in [3.05, 3.63) is 75.8 Å². The molecule has 3 aromatic carbocycles. The Hall–Kier alpha value is -5.71. The number of benzene rings is 3. The fraction of sp³-hybridized carbons (Fsp3) is 0.303. The number of carbonyl (C=O) groups is 5. The Balaban J connectivity index is 1.17. The third kappa shape index (κ3) is 7.47. The zero-order valence-electron chi connectivity index (χ0n) is 28.7. The van der Waals surface area contributed by atoms with Crippen molar-refractivity contribution in [2.75, 3.05) is 26.2 Å². The number of carboxylic acid groups (broad SMARTS) is 1. The number of aromatic hydroxyl groups is 3.